The first-order valence-electron chi connectivity index (χ1n) is 4.80. The summed E-state index contributed by atoms with van der Waals surface area (Å²) in [7, 11) is 1.51. The van der Waals surface area contributed by atoms with E-state index < -0.39 is 5.69 Å². The monoisotopic (exact) mass is 296 g/mol. The third kappa shape index (κ3) is 1.80. The average molecular weight is 297 g/mol. The number of aromatic nitrogens is 4. The van der Waals surface area contributed by atoms with Crippen LogP contribution in [0.25, 0.3) is 11.2 Å². The van der Waals surface area contributed by atoms with Gasteiger partial charge in [0, 0.05) is 0 Å². The van der Waals surface area contributed by atoms with E-state index in [9.17, 15) is 10.0 Å². The van der Waals surface area contributed by atoms with Crippen LogP contribution in [0.15, 0.2) is 15.7 Å². The van der Waals surface area contributed by atoms with Gasteiger partial charge in [0.05, 0.1) is 13.6 Å². The Labute approximate surface area is 105 Å². The lowest BCUT2D eigenvalue weighted by Gasteiger charge is -2.03. The lowest BCUT2D eigenvalue weighted by Crippen LogP contribution is -2.49. The van der Waals surface area contributed by atoms with Gasteiger partial charge in [-0.05, 0) is 22.9 Å². The van der Waals surface area contributed by atoms with Gasteiger partial charge in [0.25, 0.3) is 5.65 Å². The van der Waals surface area contributed by atoms with Gasteiger partial charge in [-0.3, -0.25) is 0 Å². The number of rotatable bonds is 1. The van der Waals surface area contributed by atoms with Crippen LogP contribution < -0.4 is 10.4 Å². The largest absolute Gasteiger partial charge is 0.708 e. The SMILES string of the molecule is CC#CCn1c(Br)nc2c1c[n+]([O-])c(=O)n2C. The molecule has 2 aromatic heterocycles. The third-order valence-electron chi connectivity index (χ3n) is 2.39. The predicted octanol–water partition coefficient (Wildman–Crippen LogP) is 0.154. The van der Waals surface area contributed by atoms with Gasteiger partial charge in [0.15, 0.2) is 10.3 Å². The quantitative estimate of drug-likeness (QED) is 0.326. The molecule has 2 rings (SSSR count). The maximum Gasteiger partial charge on any atom is 0.502 e. The van der Waals surface area contributed by atoms with Crippen LogP contribution in [0.2, 0.25) is 0 Å². The molecular formula is C10H9BrN4O2. The number of aryl methyl sites for hydroxylation is 1. The standard InChI is InChI=1S/C10H9BrN4O2/c1-3-4-5-14-7-6-15(17)10(16)13(2)8(7)12-9(14)11/h6H,5H2,1-2H3. The third-order valence-corrected chi connectivity index (χ3v) is 2.99. The van der Waals surface area contributed by atoms with Crippen molar-refractivity contribution in [2.45, 2.75) is 13.5 Å². The van der Waals surface area contributed by atoms with Crippen molar-refractivity contribution in [3.05, 3.63) is 26.6 Å². The van der Waals surface area contributed by atoms with E-state index in [1.165, 1.54) is 17.8 Å². The molecule has 2 aromatic rings. The molecule has 0 unspecified atom stereocenters. The van der Waals surface area contributed by atoms with Crippen LogP contribution in [-0.2, 0) is 13.6 Å². The molecule has 88 valence electrons. The highest BCUT2D eigenvalue weighted by Crippen LogP contribution is 2.17. The zero-order valence-electron chi connectivity index (χ0n) is 9.27. The van der Waals surface area contributed by atoms with E-state index in [0.29, 0.717) is 22.4 Å². The fourth-order valence-corrected chi connectivity index (χ4v) is 2.00. The summed E-state index contributed by atoms with van der Waals surface area (Å²) in [5.41, 5.74) is 0.361. The Hall–Kier alpha value is -1.81. The van der Waals surface area contributed by atoms with Crippen LogP contribution in [0.4, 0.5) is 0 Å². The Morgan fingerprint density at radius 1 is 1.65 bits per heavy atom. The Balaban J connectivity index is 2.81. The second-order valence-electron chi connectivity index (χ2n) is 3.40. The van der Waals surface area contributed by atoms with E-state index in [-0.39, 0.29) is 4.73 Å². The van der Waals surface area contributed by atoms with Crippen molar-refractivity contribution in [1.82, 2.24) is 14.1 Å². The molecule has 2 heterocycles. The molecule has 0 saturated carbocycles. The highest BCUT2D eigenvalue weighted by molar-refractivity contribution is 9.10. The van der Waals surface area contributed by atoms with Crippen LogP contribution in [-0.4, -0.2) is 14.1 Å². The molecule has 0 fully saturated rings. The highest BCUT2D eigenvalue weighted by atomic mass is 79.9. The molecule has 0 radical (unpaired) electrons. The first-order chi connectivity index (χ1) is 8.06. The summed E-state index contributed by atoms with van der Waals surface area (Å²) in [6.45, 7) is 2.14. The van der Waals surface area contributed by atoms with Crippen molar-refractivity contribution >= 4 is 27.1 Å². The number of halogens is 1. The summed E-state index contributed by atoms with van der Waals surface area (Å²) >= 11 is 3.28. The molecule has 0 aliphatic carbocycles. The minimum Gasteiger partial charge on any atom is -0.708 e. The Bertz CT molecular complexity index is 705. The van der Waals surface area contributed by atoms with E-state index >= 15 is 0 Å². The lowest BCUT2D eigenvalue weighted by molar-refractivity contribution is -0.625. The summed E-state index contributed by atoms with van der Waals surface area (Å²) in [4.78, 5) is 15.6. The fraction of sp³-hybridized carbons (Fsp3) is 0.300. The molecule has 0 saturated heterocycles. The van der Waals surface area contributed by atoms with Crippen molar-refractivity contribution in [2.24, 2.45) is 7.05 Å². The molecule has 0 aliphatic rings. The minimum absolute atomic E-state index is 0.284. The second kappa shape index (κ2) is 4.22. The molecule has 6 nitrogen and oxygen atoms in total. The molecule has 17 heavy (non-hydrogen) atoms. The number of hydrogen-bond donors (Lipinski definition) is 0. The Morgan fingerprint density at radius 3 is 3.00 bits per heavy atom. The maximum atomic E-state index is 11.4. The average Bonchev–Trinajstić information content (AvgIpc) is 2.61. The van der Waals surface area contributed by atoms with Crippen LogP contribution >= 0.6 is 15.9 Å². The Kier molecular flexibility index (Phi) is 2.90. The normalized spacial score (nSPS) is 10.3. The second-order valence-corrected chi connectivity index (χ2v) is 4.11. The highest BCUT2D eigenvalue weighted by Gasteiger charge is 2.17. The van der Waals surface area contributed by atoms with Gasteiger partial charge in [0.2, 0.25) is 0 Å². The van der Waals surface area contributed by atoms with Gasteiger partial charge in [-0.15, -0.1) is 5.92 Å². The van der Waals surface area contributed by atoms with Crippen molar-refractivity contribution in [1.29, 1.82) is 0 Å². The summed E-state index contributed by atoms with van der Waals surface area (Å²) in [6.07, 6.45) is 1.22. The fourth-order valence-electron chi connectivity index (χ4n) is 1.51. The van der Waals surface area contributed by atoms with E-state index in [0.717, 1.165) is 0 Å². The van der Waals surface area contributed by atoms with Crippen molar-refractivity contribution in [3.63, 3.8) is 0 Å². The molecule has 0 amide bonds. The smallest absolute Gasteiger partial charge is 0.502 e. The number of imidazole rings is 1. The first kappa shape index (κ1) is 11.7. The van der Waals surface area contributed by atoms with E-state index in [4.69, 9.17) is 0 Å². The number of fused-ring (bicyclic) bond motifs is 1. The van der Waals surface area contributed by atoms with Crippen molar-refractivity contribution in [2.75, 3.05) is 0 Å². The zero-order chi connectivity index (χ0) is 12.6. The minimum atomic E-state index is -0.656. The molecule has 0 atom stereocenters. The van der Waals surface area contributed by atoms with Gasteiger partial charge < -0.3 is 9.77 Å². The van der Waals surface area contributed by atoms with Crippen LogP contribution in [0.3, 0.4) is 0 Å². The number of nitrogens with zero attached hydrogens (tertiary/aromatic N) is 4. The summed E-state index contributed by atoms with van der Waals surface area (Å²) in [5.74, 6) is 5.65. The number of hydrogen-bond acceptors (Lipinski definition) is 3. The van der Waals surface area contributed by atoms with Gasteiger partial charge in [0.1, 0.15) is 6.20 Å². The zero-order valence-corrected chi connectivity index (χ0v) is 10.9. The van der Waals surface area contributed by atoms with Crippen LogP contribution in [0.1, 0.15) is 6.92 Å². The van der Waals surface area contributed by atoms with Gasteiger partial charge in [-0.2, -0.15) is 19.1 Å². The first-order valence-corrected chi connectivity index (χ1v) is 5.60. The molecular weight excluding hydrogens is 288 g/mol. The Morgan fingerprint density at radius 2 is 2.35 bits per heavy atom. The molecule has 0 N–H and O–H groups in total. The molecule has 0 aromatic carbocycles. The van der Waals surface area contributed by atoms with Gasteiger partial charge in [-0.25, -0.2) is 0 Å². The van der Waals surface area contributed by atoms with Gasteiger partial charge in [-0.1, -0.05) is 5.92 Å². The van der Waals surface area contributed by atoms with Crippen molar-refractivity contribution < 1.29 is 4.73 Å². The lowest BCUT2D eigenvalue weighted by atomic mass is 10.5. The van der Waals surface area contributed by atoms with E-state index in [1.807, 2.05) is 0 Å². The molecule has 0 bridgehead atoms. The van der Waals surface area contributed by atoms with E-state index in [1.54, 1.807) is 11.5 Å². The van der Waals surface area contributed by atoms with Crippen molar-refractivity contribution in [3.8, 4) is 11.8 Å². The molecule has 0 aliphatic heterocycles. The summed E-state index contributed by atoms with van der Waals surface area (Å²) in [5, 5.41) is 11.4. The predicted molar refractivity (Wildman–Crippen MR) is 65.1 cm³/mol. The molecule has 7 heteroatoms. The van der Waals surface area contributed by atoms with E-state index in [2.05, 4.69) is 32.8 Å². The van der Waals surface area contributed by atoms with Crippen LogP contribution in [0.5, 0.6) is 0 Å². The topological polar surface area (TPSA) is 66.8 Å². The molecule has 0 spiro atoms. The summed E-state index contributed by atoms with van der Waals surface area (Å²) in [6, 6.07) is 0. The maximum absolute atomic E-state index is 11.4. The van der Waals surface area contributed by atoms with Gasteiger partial charge >= 0.3 is 5.69 Å². The summed E-state index contributed by atoms with van der Waals surface area (Å²) < 4.78 is 3.76. The van der Waals surface area contributed by atoms with Crippen LogP contribution in [0, 0.1) is 17.0 Å².